The second-order valence-corrected chi connectivity index (χ2v) is 7.38. The molecule has 1 heterocycles. The zero-order valence-electron chi connectivity index (χ0n) is 13.6. The van der Waals surface area contributed by atoms with Crippen molar-refractivity contribution in [1.82, 2.24) is 10.2 Å². The van der Waals surface area contributed by atoms with Crippen molar-refractivity contribution in [2.45, 2.75) is 51.6 Å². The molecule has 0 bridgehead atoms. The minimum Gasteiger partial charge on any atom is -0.310 e. The third-order valence-electron chi connectivity index (χ3n) is 4.94. The standard InChI is InChI=1S/C19H30N2/c1-15(2)12-19(17-6-4-3-5-7-17)20-13-16-10-11-21(14-16)18-8-9-18/h3-7,15-16,18-20H,8-14H2,1-2H3. The summed E-state index contributed by atoms with van der Waals surface area (Å²) in [7, 11) is 0. The van der Waals surface area contributed by atoms with Gasteiger partial charge < -0.3 is 10.2 Å². The maximum Gasteiger partial charge on any atom is 0.0322 e. The molecule has 2 heteroatoms. The van der Waals surface area contributed by atoms with Gasteiger partial charge in [-0.3, -0.25) is 0 Å². The average molecular weight is 286 g/mol. The van der Waals surface area contributed by atoms with Gasteiger partial charge >= 0.3 is 0 Å². The number of hydrogen-bond acceptors (Lipinski definition) is 2. The minimum atomic E-state index is 0.515. The first-order valence-electron chi connectivity index (χ1n) is 8.74. The molecule has 1 aromatic carbocycles. The van der Waals surface area contributed by atoms with Crippen LogP contribution in [0.15, 0.2) is 30.3 Å². The molecule has 1 aromatic rings. The maximum atomic E-state index is 3.86. The van der Waals surface area contributed by atoms with Gasteiger partial charge in [-0.15, -0.1) is 0 Å². The number of nitrogens with one attached hydrogen (secondary N) is 1. The van der Waals surface area contributed by atoms with E-state index in [1.54, 1.807) is 0 Å². The fraction of sp³-hybridized carbons (Fsp3) is 0.684. The molecule has 0 radical (unpaired) electrons. The topological polar surface area (TPSA) is 15.3 Å². The van der Waals surface area contributed by atoms with Crippen LogP contribution in [0.4, 0.5) is 0 Å². The molecule has 3 rings (SSSR count). The molecule has 0 amide bonds. The van der Waals surface area contributed by atoms with E-state index in [1.807, 2.05) is 0 Å². The van der Waals surface area contributed by atoms with E-state index < -0.39 is 0 Å². The van der Waals surface area contributed by atoms with Crippen molar-refractivity contribution in [2.75, 3.05) is 19.6 Å². The SMILES string of the molecule is CC(C)CC(NCC1CCN(C2CC2)C1)c1ccccc1. The van der Waals surface area contributed by atoms with Gasteiger partial charge in [0.05, 0.1) is 0 Å². The van der Waals surface area contributed by atoms with Crippen LogP contribution in [-0.2, 0) is 0 Å². The molecule has 2 fully saturated rings. The van der Waals surface area contributed by atoms with Crippen molar-refractivity contribution in [3.63, 3.8) is 0 Å². The van der Waals surface area contributed by atoms with Gasteiger partial charge in [-0.05, 0) is 56.2 Å². The molecule has 1 saturated carbocycles. The minimum absolute atomic E-state index is 0.515. The molecular formula is C19H30N2. The summed E-state index contributed by atoms with van der Waals surface area (Å²) in [5, 5.41) is 3.86. The Morgan fingerprint density at radius 1 is 1.14 bits per heavy atom. The van der Waals surface area contributed by atoms with Gasteiger partial charge in [-0.1, -0.05) is 44.2 Å². The van der Waals surface area contributed by atoms with E-state index in [0.717, 1.165) is 17.9 Å². The van der Waals surface area contributed by atoms with Crippen LogP contribution in [0.3, 0.4) is 0 Å². The number of likely N-dealkylation sites (tertiary alicyclic amines) is 1. The smallest absolute Gasteiger partial charge is 0.0322 e. The average Bonchev–Trinajstić information content (AvgIpc) is 3.23. The van der Waals surface area contributed by atoms with E-state index >= 15 is 0 Å². The van der Waals surface area contributed by atoms with Crippen LogP contribution in [0.5, 0.6) is 0 Å². The van der Waals surface area contributed by atoms with Crippen molar-refractivity contribution in [1.29, 1.82) is 0 Å². The summed E-state index contributed by atoms with van der Waals surface area (Å²) in [6.07, 6.45) is 5.50. The number of nitrogens with zero attached hydrogens (tertiary/aromatic N) is 1. The maximum absolute atomic E-state index is 3.86. The third-order valence-corrected chi connectivity index (χ3v) is 4.94. The fourth-order valence-corrected chi connectivity index (χ4v) is 3.60. The van der Waals surface area contributed by atoms with E-state index in [4.69, 9.17) is 0 Å². The predicted octanol–water partition coefficient (Wildman–Crippen LogP) is 3.85. The molecular weight excluding hydrogens is 256 g/mol. The Balaban J connectivity index is 1.52. The van der Waals surface area contributed by atoms with Crippen LogP contribution in [-0.4, -0.2) is 30.6 Å². The van der Waals surface area contributed by atoms with Gasteiger partial charge in [0.2, 0.25) is 0 Å². The van der Waals surface area contributed by atoms with Gasteiger partial charge in [0.25, 0.3) is 0 Å². The van der Waals surface area contributed by atoms with Gasteiger partial charge in [-0.25, -0.2) is 0 Å². The predicted molar refractivity (Wildman–Crippen MR) is 89.3 cm³/mol. The summed E-state index contributed by atoms with van der Waals surface area (Å²) >= 11 is 0. The van der Waals surface area contributed by atoms with Gasteiger partial charge in [0.15, 0.2) is 0 Å². The van der Waals surface area contributed by atoms with Crippen LogP contribution < -0.4 is 5.32 Å². The third kappa shape index (κ3) is 4.31. The quantitative estimate of drug-likeness (QED) is 0.819. The molecule has 2 unspecified atom stereocenters. The van der Waals surface area contributed by atoms with Crippen LogP contribution in [0.1, 0.15) is 51.1 Å². The molecule has 0 aromatic heterocycles. The Hall–Kier alpha value is -0.860. The van der Waals surface area contributed by atoms with Crippen LogP contribution in [0.25, 0.3) is 0 Å². The Labute approximate surface area is 129 Å². The highest BCUT2D eigenvalue weighted by Crippen LogP contribution is 2.32. The molecule has 116 valence electrons. The van der Waals surface area contributed by atoms with Crippen molar-refractivity contribution in [3.8, 4) is 0 Å². The Bertz CT molecular complexity index is 424. The highest BCUT2D eigenvalue weighted by molar-refractivity contribution is 5.19. The summed E-state index contributed by atoms with van der Waals surface area (Å²) in [6, 6.07) is 12.4. The van der Waals surface area contributed by atoms with Gasteiger partial charge in [0, 0.05) is 18.6 Å². The first kappa shape index (κ1) is 15.1. The van der Waals surface area contributed by atoms with E-state index in [2.05, 4.69) is 54.4 Å². The molecule has 1 N–H and O–H groups in total. The lowest BCUT2D eigenvalue weighted by Gasteiger charge is -2.23. The monoisotopic (exact) mass is 286 g/mol. The molecule has 2 atom stereocenters. The fourth-order valence-electron chi connectivity index (χ4n) is 3.60. The van der Waals surface area contributed by atoms with Gasteiger partial charge in [-0.2, -0.15) is 0 Å². The number of hydrogen-bond donors (Lipinski definition) is 1. The van der Waals surface area contributed by atoms with Crippen LogP contribution in [0, 0.1) is 11.8 Å². The van der Waals surface area contributed by atoms with E-state index in [1.165, 1.54) is 50.9 Å². The summed E-state index contributed by atoms with van der Waals surface area (Å²) in [4.78, 5) is 2.71. The Morgan fingerprint density at radius 3 is 2.57 bits per heavy atom. The number of benzene rings is 1. The second kappa shape index (κ2) is 6.93. The van der Waals surface area contributed by atoms with E-state index in [-0.39, 0.29) is 0 Å². The summed E-state index contributed by atoms with van der Waals surface area (Å²) in [5.74, 6) is 1.58. The first-order chi connectivity index (χ1) is 10.2. The second-order valence-electron chi connectivity index (χ2n) is 7.38. The number of rotatable bonds is 7. The van der Waals surface area contributed by atoms with Crippen molar-refractivity contribution >= 4 is 0 Å². The Morgan fingerprint density at radius 2 is 1.90 bits per heavy atom. The zero-order valence-corrected chi connectivity index (χ0v) is 13.6. The van der Waals surface area contributed by atoms with Crippen LogP contribution in [0.2, 0.25) is 0 Å². The largest absolute Gasteiger partial charge is 0.310 e. The highest BCUT2D eigenvalue weighted by Gasteiger charge is 2.34. The molecule has 2 nitrogen and oxygen atoms in total. The van der Waals surface area contributed by atoms with Crippen molar-refractivity contribution in [2.24, 2.45) is 11.8 Å². The summed E-state index contributed by atoms with van der Waals surface area (Å²) in [6.45, 7) is 8.47. The lowest BCUT2D eigenvalue weighted by Crippen LogP contribution is -2.30. The highest BCUT2D eigenvalue weighted by atomic mass is 15.2. The molecule has 1 aliphatic carbocycles. The van der Waals surface area contributed by atoms with Crippen molar-refractivity contribution < 1.29 is 0 Å². The summed E-state index contributed by atoms with van der Waals surface area (Å²) in [5.41, 5.74) is 1.45. The van der Waals surface area contributed by atoms with Crippen molar-refractivity contribution in [3.05, 3.63) is 35.9 Å². The normalized spacial score (nSPS) is 24.6. The molecule has 21 heavy (non-hydrogen) atoms. The molecule has 1 saturated heterocycles. The molecule has 1 aliphatic heterocycles. The van der Waals surface area contributed by atoms with Gasteiger partial charge in [0.1, 0.15) is 0 Å². The molecule has 2 aliphatic rings. The van der Waals surface area contributed by atoms with E-state index in [0.29, 0.717) is 6.04 Å². The van der Waals surface area contributed by atoms with Crippen LogP contribution >= 0.6 is 0 Å². The summed E-state index contributed by atoms with van der Waals surface area (Å²) < 4.78 is 0. The molecule has 0 spiro atoms. The Kier molecular flexibility index (Phi) is 4.97. The van der Waals surface area contributed by atoms with E-state index in [9.17, 15) is 0 Å². The lowest BCUT2D eigenvalue weighted by atomic mass is 9.96. The first-order valence-corrected chi connectivity index (χ1v) is 8.74. The lowest BCUT2D eigenvalue weighted by molar-refractivity contribution is 0.306. The zero-order chi connectivity index (χ0) is 14.7.